The molecule has 172 valence electrons. The molecule has 7 nitrogen and oxygen atoms in total. The molecule has 0 aliphatic rings. The molecule has 0 saturated carbocycles. The molecule has 0 fully saturated rings. The first-order valence-corrected chi connectivity index (χ1v) is 10.2. The van der Waals surface area contributed by atoms with E-state index in [2.05, 4.69) is 67.1 Å². The number of aromatic nitrogens is 3. The third-order valence-corrected chi connectivity index (χ3v) is 5.07. The summed E-state index contributed by atoms with van der Waals surface area (Å²) in [5, 5.41) is 4.21. The Bertz CT molecular complexity index is 1220. The Morgan fingerprint density at radius 2 is 1.88 bits per heavy atom. The fraction of sp³-hybridized carbons (Fsp3) is 0.167. The zero-order valence-electron chi connectivity index (χ0n) is 18.5. The van der Waals surface area contributed by atoms with Crippen LogP contribution in [0.2, 0.25) is 0 Å². The van der Waals surface area contributed by atoms with Crippen LogP contribution in [0.15, 0.2) is 89.5 Å². The number of nitrogens with one attached hydrogen (secondary N) is 1. The fourth-order valence-corrected chi connectivity index (χ4v) is 3.54. The van der Waals surface area contributed by atoms with Crippen LogP contribution in [-0.2, 0) is 13.5 Å². The number of hydrogen-bond acceptors (Lipinski definition) is 3. The normalized spacial score (nSPS) is 12.2. The highest BCUT2D eigenvalue weighted by atomic mass is 79.9. The number of hydrogen-bond donors (Lipinski definition) is 2. The quantitative estimate of drug-likeness (QED) is 0.151. The van der Waals surface area contributed by atoms with Gasteiger partial charge < -0.3 is 22.7 Å². The highest BCUT2D eigenvalue weighted by Crippen LogP contribution is 2.19. The van der Waals surface area contributed by atoms with Crippen molar-refractivity contribution in [1.29, 1.82) is 0 Å². The van der Waals surface area contributed by atoms with Gasteiger partial charge in [-0.05, 0) is 54.8 Å². The number of hydrazone groups is 1. The largest absolute Gasteiger partial charge is 1.00 e. The summed E-state index contributed by atoms with van der Waals surface area (Å²) in [6.45, 7) is 2.02. The molecule has 0 bridgehead atoms. The van der Waals surface area contributed by atoms with Gasteiger partial charge in [0.1, 0.15) is 6.20 Å². The van der Waals surface area contributed by atoms with Crippen molar-refractivity contribution in [2.75, 3.05) is 0 Å². The van der Waals surface area contributed by atoms with Gasteiger partial charge in [0.2, 0.25) is 5.96 Å². The molecule has 4 aromatic rings. The molecule has 0 aliphatic heterocycles. The lowest BCUT2D eigenvalue weighted by Gasteiger charge is -2.07. The van der Waals surface area contributed by atoms with E-state index in [9.17, 15) is 0 Å². The Labute approximate surface area is 214 Å². The molecule has 0 aliphatic carbocycles. The van der Waals surface area contributed by atoms with Gasteiger partial charge in [-0.1, -0.05) is 18.2 Å². The van der Waals surface area contributed by atoms with Crippen LogP contribution in [0.3, 0.4) is 0 Å². The number of nitrogens with zero attached hydrogens (tertiary/aromatic N) is 5. The second-order valence-electron chi connectivity index (χ2n) is 7.45. The topological polar surface area (TPSA) is 84.7 Å². The smallest absolute Gasteiger partial charge is 0.286 e. The zero-order valence-corrected chi connectivity index (χ0v) is 21.8. The van der Waals surface area contributed by atoms with E-state index >= 15 is 0 Å². The van der Waals surface area contributed by atoms with E-state index < -0.39 is 0 Å². The van der Waals surface area contributed by atoms with Crippen LogP contribution in [0.1, 0.15) is 18.1 Å². The lowest BCUT2D eigenvalue weighted by Crippen LogP contribution is -3.00. The van der Waals surface area contributed by atoms with Crippen molar-refractivity contribution in [2.45, 2.75) is 19.4 Å². The predicted molar refractivity (Wildman–Crippen MR) is 134 cm³/mol. The third-order valence-electron chi connectivity index (χ3n) is 5.07. The van der Waals surface area contributed by atoms with E-state index in [1.165, 1.54) is 5.56 Å². The first kappa shape index (κ1) is 26.2. The van der Waals surface area contributed by atoms with Gasteiger partial charge in [-0.25, -0.2) is 19.4 Å². The molecule has 0 spiro atoms. The summed E-state index contributed by atoms with van der Waals surface area (Å²) in [4.78, 5) is 8.46. The molecular formula is C24H27Br2N7. The molecule has 0 amide bonds. The summed E-state index contributed by atoms with van der Waals surface area (Å²) in [6.07, 6.45) is 10.3. The standard InChI is InChI=1S/C24H26N7.2BrH/c1-18(15-19-10-12-26-13-11-19)28-24(25)29-27-16-20-6-8-21(9-7-20)22-17-31-14-4-3-5-23(31)30(22)2;;/h3-14,16-18H,15H2,1-2H3,(H3,25,28,29);2*1H/q+1;;/p-1/b27-16+;;. The summed E-state index contributed by atoms with van der Waals surface area (Å²) in [6, 6.07) is 18.4. The van der Waals surface area contributed by atoms with Crippen molar-refractivity contribution >= 4 is 34.8 Å². The Kier molecular flexibility index (Phi) is 9.74. The maximum absolute atomic E-state index is 5.95. The maximum Gasteiger partial charge on any atom is 0.286 e. The number of guanidine groups is 1. The van der Waals surface area contributed by atoms with E-state index in [-0.39, 0.29) is 40.0 Å². The number of imidazole rings is 1. The molecule has 1 aromatic carbocycles. The molecule has 1 atom stereocenters. The number of fused-ring (bicyclic) bond motifs is 1. The Morgan fingerprint density at radius 3 is 2.58 bits per heavy atom. The van der Waals surface area contributed by atoms with Crippen molar-refractivity contribution in [2.24, 2.45) is 22.9 Å². The van der Waals surface area contributed by atoms with Crippen LogP contribution in [0, 0.1) is 0 Å². The minimum atomic E-state index is 0. The third kappa shape index (κ3) is 6.72. The van der Waals surface area contributed by atoms with Crippen molar-refractivity contribution < 1.29 is 21.4 Å². The fourth-order valence-electron chi connectivity index (χ4n) is 3.54. The first-order chi connectivity index (χ1) is 15.1. The molecule has 0 radical (unpaired) electrons. The van der Waals surface area contributed by atoms with Gasteiger partial charge in [0, 0.05) is 24.0 Å². The van der Waals surface area contributed by atoms with Crippen LogP contribution < -0.4 is 32.5 Å². The van der Waals surface area contributed by atoms with Crippen LogP contribution >= 0.6 is 17.0 Å². The Balaban J connectivity index is 0.00000193. The molecule has 3 aromatic heterocycles. The molecule has 4 rings (SSSR count). The number of pyridine rings is 2. The number of aliphatic imine (C=N–C) groups is 1. The van der Waals surface area contributed by atoms with E-state index in [0.29, 0.717) is 5.96 Å². The van der Waals surface area contributed by atoms with Crippen LogP contribution in [0.25, 0.3) is 16.9 Å². The second kappa shape index (κ2) is 12.3. The minimum Gasteiger partial charge on any atom is -1.00 e. The van der Waals surface area contributed by atoms with Gasteiger partial charge in [0.15, 0.2) is 5.69 Å². The zero-order chi connectivity index (χ0) is 21.6. The van der Waals surface area contributed by atoms with Crippen molar-refractivity contribution in [1.82, 2.24) is 15.0 Å². The van der Waals surface area contributed by atoms with E-state index in [4.69, 9.17) is 5.73 Å². The predicted octanol–water partition coefficient (Wildman–Crippen LogP) is 0.277. The average Bonchev–Trinajstić information content (AvgIpc) is 3.11. The van der Waals surface area contributed by atoms with Crippen LogP contribution in [0.5, 0.6) is 0 Å². The van der Waals surface area contributed by atoms with E-state index in [0.717, 1.165) is 28.9 Å². The Morgan fingerprint density at radius 1 is 1.15 bits per heavy atom. The molecule has 3 heterocycles. The first-order valence-electron chi connectivity index (χ1n) is 10.2. The van der Waals surface area contributed by atoms with Crippen LogP contribution in [0.4, 0.5) is 0 Å². The van der Waals surface area contributed by atoms with Gasteiger partial charge in [-0.2, -0.15) is 5.10 Å². The van der Waals surface area contributed by atoms with Gasteiger partial charge in [-0.15, -0.1) is 17.0 Å². The van der Waals surface area contributed by atoms with E-state index in [1.807, 2.05) is 43.3 Å². The van der Waals surface area contributed by atoms with Crippen LogP contribution in [-0.4, -0.2) is 27.8 Å². The van der Waals surface area contributed by atoms with Gasteiger partial charge in [-0.3, -0.25) is 4.98 Å². The summed E-state index contributed by atoms with van der Waals surface area (Å²) < 4.78 is 4.29. The van der Waals surface area contributed by atoms with Crippen molar-refractivity contribution in [3.63, 3.8) is 0 Å². The average molecular weight is 573 g/mol. The monoisotopic (exact) mass is 571 g/mol. The highest BCUT2D eigenvalue weighted by Gasteiger charge is 2.14. The number of aryl methyl sites for hydroxylation is 1. The van der Waals surface area contributed by atoms with Gasteiger partial charge in [0.25, 0.3) is 5.65 Å². The number of rotatable bonds is 6. The summed E-state index contributed by atoms with van der Waals surface area (Å²) in [5.74, 6) is 0.293. The van der Waals surface area contributed by atoms with Gasteiger partial charge >= 0.3 is 0 Å². The lowest BCUT2D eigenvalue weighted by atomic mass is 10.1. The maximum atomic E-state index is 5.95. The summed E-state index contributed by atoms with van der Waals surface area (Å²) >= 11 is 0. The highest BCUT2D eigenvalue weighted by molar-refractivity contribution is 8.93. The molecular weight excluding hydrogens is 546 g/mol. The number of halogens is 2. The van der Waals surface area contributed by atoms with Crippen molar-refractivity contribution in [3.8, 4) is 11.3 Å². The summed E-state index contributed by atoms with van der Waals surface area (Å²) in [7, 11) is 2.07. The number of benzene rings is 1. The van der Waals surface area contributed by atoms with Crippen molar-refractivity contribution in [3.05, 3.63) is 90.5 Å². The van der Waals surface area contributed by atoms with E-state index in [1.54, 1.807) is 18.6 Å². The Hall–Kier alpha value is -3.04. The molecule has 33 heavy (non-hydrogen) atoms. The number of nitrogens with two attached hydrogens (primary N) is 1. The molecule has 9 heteroatoms. The summed E-state index contributed by atoms with van der Waals surface area (Å²) in [5.41, 5.74) is 14.3. The molecule has 3 N–H and O–H groups in total. The molecule has 0 saturated heterocycles. The minimum absolute atomic E-state index is 0. The second-order valence-corrected chi connectivity index (χ2v) is 7.45. The molecule has 1 unspecified atom stereocenters. The lowest BCUT2D eigenvalue weighted by molar-refractivity contribution is -0.510. The SMILES string of the molecule is Br.CC(Cc1ccncc1)N=C(N)N/N=C/c1ccc(-c2c[n+]3ccccc3n2C)cc1.[Br-]. The van der Waals surface area contributed by atoms with Gasteiger partial charge in [0.05, 0.1) is 25.5 Å².